The number of carbonyl (C=O) groups is 2. The number of pyridine rings is 1. The van der Waals surface area contributed by atoms with E-state index in [4.69, 9.17) is 11.6 Å². The van der Waals surface area contributed by atoms with Gasteiger partial charge in [0.15, 0.2) is 0 Å². The first kappa shape index (κ1) is 24.4. The highest BCUT2D eigenvalue weighted by Gasteiger charge is 2.28. The van der Waals surface area contributed by atoms with Crippen molar-refractivity contribution in [1.82, 2.24) is 14.6 Å². The highest BCUT2D eigenvalue weighted by molar-refractivity contribution is 7.92. The molecule has 1 atom stereocenters. The number of benzene rings is 2. The van der Waals surface area contributed by atoms with Crippen molar-refractivity contribution >= 4 is 44.8 Å². The van der Waals surface area contributed by atoms with E-state index >= 15 is 0 Å². The minimum atomic E-state index is -4.18. The van der Waals surface area contributed by atoms with Crippen LogP contribution in [0, 0.1) is 0 Å². The Kier molecular flexibility index (Phi) is 7.15. The molecule has 2 heterocycles. The van der Waals surface area contributed by atoms with Gasteiger partial charge >= 0.3 is 0 Å². The first-order valence-corrected chi connectivity index (χ1v) is 12.9. The zero-order valence-electron chi connectivity index (χ0n) is 17.9. The summed E-state index contributed by atoms with van der Waals surface area (Å²) in [5, 5.41) is 2.59. The maximum absolute atomic E-state index is 13.0. The smallest absolute Gasteiger partial charge is 0.273 e. The number of amides is 2. The fourth-order valence-corrected chi connectivity index (χ4v) is 5.74. The normalized spacial score (nSPS) is 12.0. The third-order valence-corrected chi connectivity index (χ3v) is 8.02. The number of halogens is 1. The molecule has 2 amide bonds. The minimum absolute atomic E-state index is 0.124. The Morgan fingerprint density at radius 1 is 0.886 bits per heavy atom. The molecule has 0 fully saturated rings. The Hall–Kier alpha value is -3.73. The number of hydrogen-bond acceptors (Lipinski definition) is 6. The Morgan fingerprint density at radius 3 is 2.20 bits per heavy atom. The first-order valence-electron chi connectivity index (χ1n) is 10.2. The second-order valence-corrected chi connectivity index (χ2v) is 10.9. The van der Waals surface area contributed by atoms with Crippen molar-refractivity contribution in [3.63, 3.8) is 0 Å². The lowest BCUT2D eigenvalue weighted by Gasteiger charge is -2.19. The molecule has 11 heteroatoms. The summed E-state index contributed by atoms with van der Waals surface area (Å²) < 4.78 is 28.8. The predicted molar refractivity (Wildman–Crippen MR) is 133 cm³/mol. The Labute approximate surface area is 209 Å². The van der Waals surface area contributed by atoms with Crippen molar-refractivity contribution < 1.29 is 18.0 Å². The summed E-state index contributed by atoms with van der Waals surface area (Å²) in [6.45, 7) is 0. The zero-order chi connectivity index (χ0) is 25.0. The van der Waals surface area contributed by atoms with E-state index in [0.29, 0.717) is 11.3 Å². The summed E-state index contributed by atoms with van der Waals surface area (Å²) in [5.41, 5.74) is 0.952. The molecule has 2 N–H and O–H groups in total. The van der Waals surface area contributed by atoms with E-state index in [2.05, 4.69) is 5.32 Å². The second kappa shape index (κ2) is 10.3. The average molecular weight is 528 g/mol. The molecule has 35 heavy (non-hydrogen) atoms. The molecule has 0 saturated heterocycles. The Balaban J connectivity index is 1.57. The summed E-state index contributed by atoms with van der Waals surface area (Å²) >= 11 is 6.63. The minimum Gasteiger partial charge on any atom is -0.336 e. The van der Waals surface area contributed by atoms with Crippen molar-refractivity contribution in [3.8, 4) is 5.69 Å². The van der Waals surface area contributed by atoms with Gasteiger partial charge in [-0.1, -0.05) is 48.0 Å². The van der Waals surface area contributed by atoms with E-state index < -0.39 is 27.9 Å². The Morgan fingerprint density at radius 2 is 1.57 bits per heavy atom. The number of hydrogen-bond donors (Lipinski definition) is 2. The quantitative estimate of drug-likeness (QED) is 0.381. The monoisotopic (exact) mass is 527 g/mol. The van der Waals surface area contributed by atoms with Gasteiger partial charge in [-0.2, -0.15) is 0 Å². The lowest BCUT2D eigenvalue weighted by Crippen LogP contribution is -2.42. The lowest BCUT2D eigenvalue weighted by molar-refractivity contribution is -0.121. The molecular weight excluding hydrogens is 510 g/mol. The zero-order valence-corrected chi connectivity index (χ0v) is 20.3. The van der Waals surface area contributed by atoms with Gasteiger partial charge in [-0.3, -0.25) is 19.0 Å². The second-order valence-electron chi connectivity index (χ2n) is 7.30. The van der Waals surface area contributed by atoms with Crippen LogP contribution in [0.1, 0.15) is 22.0 Å². The number of nitrogens with zero attached hydrogens (tertiary/aromatic N) is 1. The third-order valence-electron chi connectivity index (χ3n) is 4.95. The number of aromatic nitrogens is 1. The van der Waals surface area contributed by atoms with Gasteiger partial charge in [-0.25, -0.2) is 13.1 Å². The number of sulfonamides is 1. The summed E-state index contributed by atoms with van der Waals surface area (Å²) in [5.74, 6) is -1.53. The molecule has 0 aliphatic carbocycles. The number of nitrogens with one attached hydrogen (secondary N) is 2. The molecular formula is C24H18ClN3O5S2. The van der Waals surface area contributed by atoms with Crippen molar-refractivity contribution in [2.75, 3.05) is 0 Å². The number of rotatable bonds is 7. The molecule has 4 aromatic rings. The van der Waals surface area contributed by atoms with Crippen LogP contribution in [-0.2, 0) is 14.8 Å². The van der Waals surface area contributed by atoms with E-state index in [0.717, 1.165) is 11.3 Å². The molecule has 8 nitrogen and oxygen atoms in total. The van der Waals surface area contributed by atoms with Crippen LogP contribution in [0.15, 0.2) is 100 Å². The molecule has 0 bridgehead atoms. The van der Waals surface area contributed by atoms with Crippen LogP contribution in [0.5, 0.6) is 0 Å². The molecule has 1 unspecified atom stereocenters. The van der Waals surface area contributed by atoms with Crippen molar-refractivity contribution in [2.24, 2.45) is 0 Å². The maximum atomic E-state index is 13.0. The number of carbonyl (C=O) groups excluding carboxylic acids is 2. The Bertz CT molecular complexity index is 1530. The van der Waals surface area contributed by atoms with Crippen LogP contribution < -0.4 is 15.6 Å². The largest absolute Gasteiger partial charge is 0.336 e. The first-order chi connectivity index (χ1) is 16.7. The maximum Gasteiger partial charge on any atom is 0.273 e. The van der Waals surface area contributed by atoms with Gasteiger partial charge in [0.25, 0.3) is 27.4 Å². The fraction of sp³-hybridized carbons (Fsp3) is 0.0417. The summed E-state index contributed by atoms with van der Waals surface area (Å²) in [6.07, 6.45) is 1.61. The van der Waals surface area contributed by atoms with Crippen molar-refractivity contribution in [1.29, 1.82) is 0 Å². The van der Waals surface area contributed by atoms with Crippen molar-refractivity contribution in [2.45, 2.75) is 10.3 Å². The molecule has 0 saturated carbocycles. The lowest BCUT2D eigenvalue weighted by atomic mass is 10.1. The van der Waals surface area contributed by atoms with Crippen LogP contribution in [0.25, 0.3) is 5.69 Å². The predicted octanol–water partition coefficient (Wildman–Crippen LogP) is 3.53. The number of thiophene rings is 1. The average Bonchev–Trinajstić information content (AvgIpc) is 3.30. The molecule has 178 valence electrons. The van der Waals surface area contributed by atoms with Gasteiger partial charge in [0.05, 0.1) is 4.34 Å². The van der Waals surface area contributed by atoms with Gasteiger partial charge in [-0.15, -0.1) is 11.3 Å². The van der Waals surface area contributed by atoms with Gasteiger partial charge in [0, 0.05) is 23.5 Å². The van der Waals surface area contributed by atoms with Crippen LogP contribution >= 0.6 is 22.9 Å². The molecule has 2 aromatic heterocycles. The SMILES string of the molecule is O=C(NC(C(=O)NS(=O)(=O)c1ccc(Cl)s1)c1ccccc1)c1ccc(-n2ccccc2=O)cc1. The highest BCUT2D eigenvalue weighted by atomic mass is 35.5. The summed E-state index contributed by atoms with van der Waals surface area (Å²) in [7, 11) is -4.18. The summed E-state index contributed by atoms with van der Waals surface area (Å²) in [6, 6.07) is 20.7. The molecule has 2 aromatic carbocycles. The van der Waals surface area contributed by atoms with Gasteiger partial charge in [0.2, 0.25) is 0 Å². The van der Waals surface area contributed by atoms with Gasteiger partial charge < -0.3 is 5.32 Å². The molecule has 0 radical (unpaired) electrons. The van der Waals surface area contributed by atoms with E-state index in [-0.39, 0.29) is 19.7 Å². The van der Waals surface area contributed by atoms with Gasteiger partial charge in [0.1, 0.15) is 10.3 Å². The van der Waals surface area contributed by atoms with Crippen molar-refractivity contribution in [3.05, 3.63) is 117 Å². The van der Waals surface area contributed by atoms with E-state index in [9.17, 15) is 22.8 Å². The highest BCUT2D eigenvalue weighted by Crippen LogP contribution is 2.26. The summed E-state index contributed by atoms with van der Waals surface area (Å²) in [4.78, 5) is 38.0. The van der Waals surface area contributed by atoms with Crippen LogP contribution in [0.2, 0.25) is 4.34 Å². The van der Waals surface area contributed by atoms with Gasteiger partial charge in [-0.05, 0) is 48.0 Å². The third kappa shape index (κ3) is 5.68. The topological polar surface area (TPSA) is 114 Å². The van der Waals surface area contributed by atoms with E-state index in [1.165, 1.54) is 34.9 Å². The standard InChI is InChI=1S/C24H18ClN3O5S2/c25-19-13-14-21(34-19)35(32,33)27-24(31)22(16-6-2-1-3-7-16)26-23(30)17-9-11-18(12-10-17)28-15-5-4-8-20(28)29/h1-15,22H,(H,26,30)(H,27,31). The van der Waals surface area contributed by atoms with E-state index in [1.54, 1.807) is 60.8 Å². The van der Waals surface area contributed by atoms with Crippen LogP contribution in [-0.4, -0.2) is 24.8 Å². The fourth-order valence-electron chi connectivity index (χ4n) is 3.26. The molecule has 0 aliphatic rings. The molecule has 0 aliphatic heterocycles. The van der Waals surface area contributed by atoms with Crippen LogP contribution in [0.3, 0.4) is 0 Å². The van der Waals surface area contributed by atoms with Crippen LogP contribution in [0.4, 0.5) is 0 Å². The molecule has 4 rings (SSSR count). The molecule has 0 spiro atoms. The van der Waals surface area contributed by atoms with E-state index in [1.807, 2.05) is 4.72 Å².